The highest BCUT2D eigenvalue weighted by molar-refractivity contribution is 6.74. The van der Waals surface area contributed by atoms with E-state index in [2.05, 4.69) is 59.6 Å². The van der Waals surface area contributed by atoms with Gasteiger partial charge in [0.2, 0.25) is 0 Å². The first-order valence-electron chi connectivity index (χ1n) is 14.2. The molecule has 0 amide bonds. The molecule has 6 atom stereocenters. The Morgan fingerprint density at radius 1 is 1.06 bits per heavy atom. The first-order chi connectivity index (χ1) is 16.0. The van der Waals surface area contributed by atoms with Gasteiger partial charge in [-0.1, -0.05) is 65.7 Å². The quantitative estimate of drug-likeness (QED) is 0.352. The number of hydrogen-bond donors (Lipinski definition) is 1. The van der Waals surface area contributed by atoms with E-state index >= 15 is 0 Å². The van der Waals surface area contributed by atoms with Crippen LogP contribution in [0.1, 0.15) is 92.4 Å². The SMILES string of the molecule is CCC1[C@H]2[C@H](C#C[C@@H](O[Si](C)(C)C(C)(C)C)C3CCCCC3)[C@@H](O)CC[C@@]2(CC)C12OCCO2. The van der Waals surface area contributed by atoms with Crippen molar-refractivity contribution >= 4 is 8.32 Å². The topological polar surface area (TPSA) is 47.9 Å². The first-order valence-corrected chi connectivity index (χ1v) is 17.1. The smallest absolute Gasteiger partial charge is 0.193 e. The summed E-state index contributed by atoms with van der Waals surface area (Å²) >= 11 is 0. The minimum absolute atomic E-state index is 0.0144. The lowest BCUT2D eigenvalue weighted by atomic mass is 9.40. The van der Waals surface area contributed by atoms with Gasteiger partial charge in [-0.05, 0) is 68.5 Å². The molecule has 1 heterocycles. The molecule has 194 valence electrons. The number of fused-ring (bicyclic) bond motifs is 2. The molecule has 5 heteroatoms. The van der Waals surface area contributed by atoms with Crippen LogP contribution >= 0.6 is 0 Å². The molecule has 0 aromatic carbocycles. The van der Waals surface area contributed by atoms with Crippen molar-refractivity contribution in [2.45, 2.75) is 129 Å². The zero-order chi connectivity index (χ0) is 24.8. The molecule has 1 N–H and O–H groups in total. The highest BCUT2D eigenvalue weighted by Gasteiger charge is 2.76. The van der Waals surface area contributed by atoms with Gasteiger partial charge in [-0.15, -0.1) is 0 Å². The van der Waals surface area contributed by atoms with Gasteiger partial charge in [0.1, 0.15) is 6.10 Å². The number of ether oxygens (including phenoxy) is 2. The van der Waals surface area contributed by atoms with E-state index in [4.69, 9.17) is 13.9 Å². The zero-order valence-electron chi connectivity index (χ0n) is 22.9. The molecule has 4 aliphatic rings. The Morgan fingerprint density at radius 3 is 2.26 bits per heavy atom. The largest absolute Gasteiger partial charge is 0.403 e. The molecule has 34 heavy (non-hydrogen) atoms. The molecule has 1 spiro atoms. The van der Waals surface area contributed by atoms with Gasteiger partial charge in [-0.25, -0.2) is 0 Å². The first kappa shape index (κ1) is 26.7. The second kappa shape index (κ2) is 9.82. The van der Waals surface area contributed by atoms with Gasteiger partial charge in [0, 0.05) is 11.3 Å². The van der Waals surface area contributed by atoms with Gasteiger partial charge in [0.05, 0.1) is 25.2 Å². The van der Waals surface area contributed by atoms with Crippen LogP contribution in [0.5, 0.6) is 0 Å². The van der Waals surface area contributed by atoms with Crippen LogP contribution in [0.3, 0.4) is 0 Å². The fraction of sp³-hybridized carbons (Fsp3) is 0.931. The van der Waals surface area contributed by atoms with E-state index < -0.39 is 14.1 Å². The third-order valence-corrected chi connectivity index (χ3v) is 14.9. The normalized spacial score (nSPS) is 36.9. The van der Waals surface area contributed by atoms with Crippen molar-refractivity contribution in [2.75, 3.05) is 13.2 Å². The van der Waals surface area contributed by atoms with E-state index in [1.54, 1.807) is 0 Å². The Kier molecular flexibility index (Phi) is 7.71. The van der Waals surface area contributed by atoms with Gasteiger partial charge < -0.3 is 19.0 Å². The second-order valence-corrected chi connectivity index (χ2v) is 17.8. The summed E-state index contributed by atoms with van der Waals surface area (Å²) < 4.78 is 19.7. The van der Waals surface area contributed by atoms with Gasteiger partial charge in [0.25, 0.3) is 0 Å². The van der Waals surface area contributed by atoms with Crippen molar-refractivity contribution in [3.8, 4) is 11.8 Å². The van der Waals surface area contributed by atoms with Crippen LogP contribution in [0.15, 0.2) is 0 Å². The van der Waals surface area contributed by atoms with Crippen molar-refractivity contribution in [1.82, 2.24) is 0 Å². The fourth-order valence-electron chi connectivity index (χ4n) is 7.54. The maximum Gasteiger partial charge on any atom is 0.193 e. The predicted octanol–water partition coefficient (Wildman–Crippen LogP) is 6.53. The average Bonchev–Trinajstić information content (AvgIpc) is 3.31. The van der Waals surface area contributed by atoms with Gasteiger partial charge in [-0.3, -0.25) is 0 Å². The standard InChI is InChI=1S/C29H50O4Si/c1-8-23-26-22(24(30)17-18-28(26,9-2)29(23)31-19-20-32-29)15-16-25(21-13-11-10-12-14-21)33-34(6,7)27(3,4)5/h21-26,30H,8-14,17-20H2,1-7H3/t22-,23?,24+,25-,26-,28-/m1/s1. The van der Waals surface area contributed by atoms with Crippen LogP contribution in [0.2, 0.25) is 18.1 Å². The Morgan fingerprint density at radius 2 is 1.71 bits per heavy atom. The molecule has 1 aliphatic heterocycles. The molecule has 4 fully saturated rings. The monoisotopic (exact) mass is 490 g/mol. The second-order valence-electron chi connectivity index (χ2n) is 13.0. The molecule has 1 unspecified atom stereocenters. The fourth-order valence-corrected chi connectivity index (χ4v) is 8.78. The lowest BCUT2D eigenvalue weighted by molar-refractivity contribution is -0.391. The maximum atomic E-state index is 11.2. The molecule has 4 nitrogen and oxygen atoms in total. The number of rotatable bonds is 5. The molecule has 4 rings (SSSR count). The van der Waals surface area contributed by atoms with E-state index in [1.807, 2.05) is 0 Å². The predicted molar refractivity (Wildman–Crippen MR) is 140 cm³/mol. The molecular formula is C29H50O4Si. The molecule has 0 aromatic heterocycles. The molecule has 0 aromatic rings. The number of aliphatic hydroxyl groups is 1. The van der Waals surface area contributed by atoms with E-state index in [9.17, 15) is 5.11 Å². The van der Waals surface area contributed by atoms with Crippen LogP contribution in [0, 0.1) is 40.9 Å². The summed E-state index contributed by atoms with van der Waals surface area (Å²) in [5, 5.41) is 11.4. The van der Waals surface area contributed by atoms with Crippen molar-refractivity contribution in [3.63, 3.8) is 0 Å². The van der Waals surface area contributed by atoms with Crippen LogP contribution in [0.25, 0.3) is 0 Å². The maximum absolute atomic E-state index is 11.2. The molecule has 3 saturated carbocycles. The Balaban J connectivity index is 1.64. The molecule has 1 saturated heterocycles. The summed E-state index contributed by atoms with van der Waals surface area (Å²) in [4.78, 5) is 0. The average molecular weight is 491 g/mol. The minimum atomic E-state index is -1.95. The van der Waals surface area contributed by atoms with E-state index in [0.717, 1.165) is 25.7 Å². The Bertz CT molecular complexity index is 765. The molecule has 3 aliphatic carbocycles. The van der Waals surface area contributed by atoms with Crippen LogP contribution < -0.4 is 0 Å². The number of aliphatic hydroxyl groups excluding tert-OH is 1. The third kappa shape index (κ3) is 4.24. The minimum Gasteiger partial charge on any atom is -0.403 e. The molecular weight excluding hydrogens is 440 g/mol. The summed E-state index contributed by atoms with van der Waals surface area (Å²) in [5.41, 5.74) is -0.0244. The van der Waals surface area contributed by atoms with Crippen molar-refractivity contribution in [2.24, 2.45) is 29.1 Å². The molecule has 0 radical (unpaired) electrons. The lowest BCUT2D eigenvalue weighted by Gasteiger charge is -2.70. The van der Waals surface area contributed by atoms with E-state index in [0.29, 0.717) is 31.0 Å². The van der Waals surface area contributed by atoms with Gasteiger partial charge in [-0.2, -0.15) is 0 Å². The van der Waals surface area contributed by atoms with Crippen molar-refractivity contribution < 1.29 is 19.0 Å². The Hall–Kier alpha value is -0.383. The van der Waals surface area contributed by atoms with Crippen LogP contribution in [-0.2, 0) is 13.9 Å². The Labute approximate surface area is 210 Å². The summed E-state index contributed by atoms with van der Waals surface area (Å²) in [6.07, 6.45) is 9.72. The summed E-state index contributed by atoms with van der Waals surface area (Å²) in [5.74, 6) is 8.05. The molecule has 0 bridgehead atoms. The van der Waals surface area contributed by atoms with Crippen LogP contribution in [-0.4, -0.2) is 44.6 Å². The van der Waals surface area contributed by atoms with Crippen molar-refractivity contribution in [3.05, 3.63) is 0 Å². The lowest BCUT2D eigenvalue weighted by Crippen LogP contribution is -2.74. The number of hydrogen-bond acceptors (Lipinski definition) is 4. The van der Waals surface area contributed by atoms with Gasteiger partial charge in [0.15, 0.2) is 14.1 Å². The highest BCUT2D eigenvalue weighted by Crippen LogP contribution is 2.71. The van der Waals surface area contributed by atoms with Gasteiger partial charge >= 0.3 is 0 Å². The zero-order valence-corrected chi connectivity index (χ0v) is 23.9. The summed E-state index contributed by atoms with van der Waals surface area (Å²) in [6.45, 7) is 17.5. The van der Waals surface area contributed by atoms with E-state index in [1.165, 1.54) is 32.1 Å². The third-order valence-electron chi connectivity index (χ3n) is 10.4. The van der Waals surface area contributed by atoms with Crippen LogP contribution in [0.4, 0.5) is 0 Å². The summed E-state index contributed by atoms with van der Waals surface area (Å²) in [6, 6.07) is 0. The van der Waals surface area contributed by atoms with Crippen molar-refractivity contribution in [1.29, 1.82) is 0 Å². The summed E-state index contributed by atoms with van der Waals surface area (Å²) in [7, 11) is -1.95. The van der Waals surface area contributed by atoms with E-state index in [-0.39, 0.29) is 28.6 Å². The highest BCUT2D eigenvalue weighted by atomic mass is 28.4.